The highest BCUT2D eigenvalue weighted by Gasteiger charge is 2.24. The summed E-state index contributed by atoms with van der Waals surface area (Å²) in [5.74, 6) is -0.109. The number of amides is 1. The van der Waals surface area contributed by atoms with E-state index in [1.165, 1.54) is 0 Å². The van der Waals surface area contributed by atoms with E-state index in [4.69, 9.17) is 21.0 Å². The number of benzene rings is 2. The van der Waals surface area contributed by atoms with Gasteiger partial charge in [0.2, 0.25) is 5.95 Å². The Morgan fingerprint density at radius 3 is 2.53 bits per heavy atom. The van der Waals surface area contributed by atoms with Gasteiger partial charge in [0.15, 0.2) is 31.3 Å². The number of para-hydroxylation sites is 1. The van der Waals surface area contributed by atoms with Crippen LogP contribution in [0.2, 0.25) is 0 Å². The van der Waals surface area contributed by atoms with Crippen molar-refractivity contribution in [3.63, 3.8) is 0 Å². The molecule has 43 heavy (non-hydrogen) atoms. The highest BCUT2D eigenvalue weighted by molar-refractivity contribution is 7.20. The van der Waals surface area contributed by atoms with Crippen LogP contribution >= 0.6 is 8.61 Å². The molecule has 0 radical (unpaired) electrons. The third kappa shape index (κ3) is 7.93. The summed E-state index contributed by atoms with van der Waals surface area (Å²) < 4.78 is 16.8. The number of hydroxylamine groups is 1. The van der Waals surface area contributed by atoms with Crippen LogP contribution < -0.4 is 26.5 Å². The average molecular weight is 608 g/mol. The Morgan fingerprint density at radius 2 is 1.81 bits per heavy atom. The summed E-state index contributed by atoms with van der Waals surface area (Å²) >= 11 is 0. The molecule has 0 aliphatic rings. The van der Waals surface area contributed by atoms with E-state index in [0.717, 1.165) is 16.1 Å². The van der Waals surface area contributed by atoms with Gasteiger partial charge in [-0.15, -0.1) is 0 Å². The van der Waals surface area contributed by atoms with E-state index in [2.05, 4.69) is 25.3 Å². The minimum Gasteiger partial charge on any atom is -0.465 e. The molecule has 2 unspecified atom stereocenters. The quantitative estimate of drug-likeness (QED) is 0.114. The molecule has 2 aromatic carbocycles. The van der Waals surface area contributed by atoms with Gasteiger partial charge in [-0.1, -0.05) is 23.0 Å². The van der Waals surface area contributed by atoms with Crippen LogP contribution in [-0.2, 0) is 27.1 Å². The largest absolute Gasteiger partial charge is 0.465 e. The Hall–Kier alpha value is -4.81. The number of carbonyl (C=O) groups excluding carboxylic acids is 2. The Morgan fingerprint density at radius 1 is 1.07 bits per heavy atom. The highest BCUT2D eigenvalue weighted by atomic mass is 31.1. The van der Waals surface area contributed by atoms with Crippen molar-refractivity contribution in [3.05, 3.63) is 71.5 Å². The Kier molecular flexibility index (Phi) is 10.4. The van der Waals surface area contributed by atoms with Crippen molar-refractivity contribution >= 4 is 49.1 Å². The van der Waals surface area contributed by atoms with Gasteiger partial charge < -0.3 is 35.8 Å². The third-order valence-electron chi connectivity index (χ3n) is 6.44. The molecule has 4 aromatic rings. The van der Waals surface area contributed by atoms with Crippen LogP contribution in [0.3, 0.4) is 0 Å². The SMILES string of the molecule is CCOC(=O)C(C)N(Oc1ccccc1CCNC(=O)c1ccc(N(C)Cc2cnc3nc(N)nc(N)c3n2)cc1)[PH2]=O. The predicted molar refractivity (Wildman–Crippen MR) is 164 cm³/mol. The van der Waals surface area contributed by atoms with Crippen molar-refractivity contribution in [2.24, 2.45) is 0 Å². The van der Waals surface area contributed by atoms with Crippen molar-refractivity contribution in [2.45, 2.75) is 32.9 Å². The number of nitrogens with two attached hydrogens (primary N) is 2. The van der Waals surface area contributed by atoms with Crippen molar-refractivity contribution in [3.8, 4) is 5.75 Å². The molecule has 0 fully saturated rings. The molecule has 0 aliphatic heterocycles. The Bertz CT molecular complexity index is 1610. The molecular weight excluding hydrogens is 573 g/mol. The van der Waals surface area contributed by atoms with Crippen LogP contribution in [0.25, 0.3) is 11.2 Å². The van der Waals surface area contributed by atoms with E-state index in [1.54, 1.807) is 44.3 Å². The van der Waals surface area contributed by atoms with Gasteiger partial charge in [-0.2, -0.15) is 9.97 Å². The van der Waals surface area contributed by atoms with E-state index >= 15 is 0 Å². The van der Waals surface area contributed by atoms with Gasteiger partial charge in [0.05, 0.1) is 25.0 Å². The zero-order chi connectivity index (χ0) is 30.9. The standard InChI is InChI=1S/C28H34N9O5P/c1-4-41-27(39)17(2)37(43-40)42-22-8-6-5-7-18(22)13-14-31-26(38)19-9-11-21(12-10-19)36(3)16-20-15-32-25-23(33-20)24(29)34-28(30)35-25/h5-12,15,17H,4,13-14,16,43H2,1-3H3,(H,31,38)(H4,29,30,32,34,35). The maximum atomic E-state index is 12.8. The highest BCUT2D eigenvalue weighted by Crippen LogP contribution is 2.24. The molecule has 4 rings (SSSR count). The summed E-state index contributed by atoms with van der Waals surface area (Å²) in [5, 5.41) is 2.91. The van der Waals surface area contributed by atoms with Gasteiger partial charge in [0.1, 0.15) is 6.04 Å². The molecule has 0 aliphatic carbocycles. The maximum Gasteiger partial charge on any atom is 0.327 e. The molecule has 5 N–H and O–H groups in total. The van der Waals surface area contributed by atoms with Gasteiger partial charge in [-0.25, -0.2) is 9.97 Å². The van der Waals surface area contributed by atoms with Crippen LogP contribution in [0.5, 0.6) is 5.75 Å². The first-order chi connectivity index (χ1) is 20.7. The summed E-state index contributed by atoms with van der Waals surface area (Å²) in [4.78, 5) is 50.5. The molecule has 226 valence electrons. The van der Waals surface area contributed by atoms with Gasteiger partial charge >= 0.3 is 5.97 Å². The zero-order valence-corrected chi connectivity index (χ0v) is 25.2. The first-order valence-electron chi connectivity index (χ1n) is 13.5. The van der Waals surface area contributed by atoms with Crippen LogP contribution in [0.4, 0.5) is 17.5 Å². The Balaban J connectivity index is 1.32. The van der Waals surface area contributed by atoms with E-state index in [-0.39, 0.29) is 24.3 Å². The molecule has 2 atom stereocenters. The fourth-order valence-electron chi connectivity index (χ4n) is 4.14. The number of hydrogen-bond donors (Lipinski definition) is 3. The Labute approximate surface area is 249 Å². The lowest BCUT2D eigenvalue weighted by atomic mass is 10.1. The molecule has 0 bridgehead atoms. The molecule has 0 spiro atoms. The van der Waals surface area contributed by atoms with Gasteiger partial charge in [-0.05, 0) is 56.2 Å². The fourth-order valence-corrected chi connectivity index (χ4v) is 4.61. The molecule has 2 aromatic heterocycles. The van der Waals surface area contributed by atoms with Gasteiger partial charge in [0.25, 0.3) is 5.91 Å². The number of nitrogen functional groups attached to an aromatic ring is 2. The van der Waals surface area contributed by atoms with E-state index in [9.17, 15) is 14.2 Å². The summed E-state index contributed by atoms with van der Waals surface area (Å²) in [6.45, 7) is 4.24. The molecule has 14 nitrogen and oxygen atoms in total. The minimum atomic E-state index is -1.55. The summed E-state index contributed by atoms with van der Waals surface area (Å²) in [5.41, 5.74) is 15.1. The summed E-state index contributed by atoms with van der Waals surface area (Å²) in [6.07, 6.45) is 2.06. The van der Waals surface area contributed by atoms with Crippen molar-refractivity contribution in [1.29, 1.82) is 0 Å². The number of hydrogen-bond acceptors (Lipinski definition) is 12. The molecule has 0 saturated heterocycles. The summed E-state index contributed by atoms with van der Waals surface area (Å²) in [6, 6.07) is 13.5. The van der Waals surface area contributed by atoms with Gasteiger partial charge in [0, 0.05) is 24.8 Å². The number of nitrogens with zero attached hydrogens (tertiary/aromatic N) is 6. The van der Waals surface area contributed by atoms with Crippen LogP contribution in [0.15, 0.2) is 54.7 Å². The monoisotopic (exact) mass is 607 g/mol. The number of anilines is 3. The second kappa shape index (κ2) is 14.4. The number of esters is 1. The number of aromatic nitrogens is 4. The second-order valence-electron chi connectivity index (χ2n) is 9.50. The molecule has 1 amide bonds. The van der Waals surface area contributed by atoms with Crippen molar-refractivity contribution in [1.82, 2.24) is 30.1 Å². The van der Waals surface area contributed by atoms with E-state index in [0.29, 0.717) is 47.7 Å². The van der Waals surface area contributed by atoms with Crippen LogP contribution in [-0.4, -0.2) is 62.9 Å². The number of carbonyl (C=O) groups is 2. The molecule has 15 heteroatoms. The molecule has 0 saturated carbocycles. The normalized spacial score (nSPS) is 12.0. The number of rotatable bonds is 13. The first-order valence-corrected chi connectivity index (χ1v) is 14.5. The lowest BCUT2D eigenvalue weighted by molar-refractivity contribution is -0.153. The first kappa shape index (κ1) is 31.1. The van der Waals surface area contributed by atoms with Gasteiger partial charge in [-0.3, -0.25) is 9.59 Å². The zero-order valence-electron chi connectivity index (χ0n) is 24.1. The number of nitrogens with one attached hydrogen (secondary N) is 1. The third-order valence-corrected chi connectivity index (χ3v) is 7.20. The van der Waals surface area contributed by atoms with Crippen LogP contribution in [0, 0.1) is 0 Å². The number of ether oxygens (including phenoxy) is 1. The van der Waals surface area contributed by atoms with Crippen molar-refractivity contribution < 1.29 is 23.7 Å². The van der Waals surface area contributed by atoms with E-state index < -0.39 is 20.6 Å². The average Bonchev–Trinajstić information content (AvgIpc) is 3.00. The number of fused-ring (bicyclic) bond motifs is 1. The van der Waals surface area contributed by atoms with E-state index in [1.807, 2.05) is 36.2 Å². The fraction of sp³-hybridized carbons (Fsp3) is 0.286. The minimum absolute atomic E-state index is 0.0394. The maximum absolute atomic E-state index is 12.8. The lowest BCUT2D eigenvalue weighted by Gasteiger charge is -2.23. The van der Waals surface area contributed by atoms with Crippen molar-refractivity contribution in [2.75, 3.05) is 36.6 Å². The summed E-state index contributed by atoms with van der Waals surface area (Å²) in [7, 11) is 0.345. The predicted octanol–water partition coefficient (Wildman–Crippen LogP) is 2.41. The topological polar surface area (TPSA) is 192 Å². The second-order valence-corrected chi connectivity index (χ2v) is 10.2. The molecule has 2 heterocycles. The smallest absolute Gasteiger partial charge is 0.327 e. The van der Waals surface area contributed by atoms with Crippen LogP contribution in [0.1, 0.15) is 35.5 Å². The lowest BCUT2D eigenvalue weighted by Crippen LogP contribution is -2.36. The molecular formula is C28H34N9O5P.